The summed E-state index contributed by atoms with van der Waals surface area (Å²) in [6.45, 7) is 4.36. The second-order valence-corrected chi connectivity index (χ2v) is 3.81. The smallest absolute Gasteiger partial charge is 0.332 e. The zero-order valence-electron chi connectivity index (χ0n) is 10.6. The van der Waals surface area contributed by atoms with Crippen molar-refractivity contribution in [2.24, 2.45) is 14.1 Å². The molecule has 0 fully saturated rings. The highest BCUT2D eigenvalue weighted by Crippen LogP contribution is 1.97. The third kappa shape index (κ3) is 2.46. The van der Waals surface area contributed by atoms with E-state index in [1.165, 1.54) is 30.8 Å². The van der Waals surface area contributed by atoms with E-state index in [1.807, 2.05) is 0 Å². The molecule has 0 radical (unpaired) electrons. The maximum Gasteiger partial charge on any atom is 0.332 e. The van der Waals surface area contributed by atoms with Crippen LogP contribution in [-0.2, 0) is 14.1 Å². The van der Waals surface area contributed by atoms with Gasteiger partial charge in [0, 0.05) is 14.1 Å². The van der Waals surface area contributed by atoms with Crippen LogP contribution in [0.25, 0.3) is 11.2 Å². The summed E-state index contributed by atoms with van der Waals surface area (Å²) in [6, 6.07) is 0. The van der Waals surface area contributed by atoms with Gasteiger partial charge in [-0.1, -0.05) is 26.7 Å². The lowest BCUT2D eigenvalue weighted by Gasteiger charge is -2.00. The fourth-order valence-corrected chi connectivity index (χ4v) is 1.27. The zero-order valence-corrected chi connectivity index (χ0v) is 10.6. The molecule has 94 valence electrons. The van der Waals surface area contributed by atoms with Crippen molar-refractivity contribution in [3.63, 3.8) is 0 Å². The first kappa shape index (κ1) is 13.2. The van der Waals surface area contributed by atoms with E-state index >= 15 is 0 Å². The monoisotopic (exact) mass is 238 g/mol. The number of unbranched alkanes of at least 4 members (excludes halogenated alkanes) is 1. The Bertz CT molecular complexity index is 604. The van der Waals surface area contributed by atoms with E-state index in [2.05, 4.69) is 23.8 Å². The fraction of sp³-hybridized carbons (Fsp3) is 0.545. The van der Waals surface area contributed by atoms with Gasteiger partial charge in [-0.2, -0.15) is 0 Å². The molecule has 0 saturated carbocycles. The van der Waals surface area contributed by atoms with Gasteiger partial charge in [-0.3, -0.25) is 13.9 Å². The molecule has 6 nitrogen and oxygen atoms in total. The number of imidazole rings is 1. The molecular weight excluding hydrogens is 220 g/mol. The molecule has 0 spiro atoms. The number of aromatic nitrogens is 4. The van der Waals surface area contributed by atoms with Crippen molar-refractivity contribution in [3.05, 3.63) is 27.2 Å². The van der Waals surface area contributed by atoms with Gasteiger partial charge in [-0.15, -0.1) is 0 Å². The van der Waals surface area contributed by atoms with Gasteiger partial charge in [0.05, 0.1) is 6.33 Å². The van der Waals surface area contributed by atoms with E-state index in [0.717, 1.165) is 4.57 Å². The van der Waals surface area contributed by atoms with Crippen LogP contribution in [0, 0.1) is 0 Å². The number of rotatable bonds is 1. The molecule has 0 aliphatic rings. The Morgan fingerprint density at radius 3 is 2.29 bits per heavy atom. The highest BCUT2D eigenvalue weighted by atomic mass is 16.2. The summed E-state index contributed by atoms with van der Waals surface area (Å²) in [4.78, 5) is 29.4. The number of nitrogens with one attached hydrogen (secondary N) is 1. The van der Waals surface area contributed by atoms with Crippen LogP contribution in [0.3, 0.4) is 0 Å². The van der Waals surface area contributed by atoms with E-state index < -0.39 is 0 Å². The Balaban J connectivity index is 0.000000317. The van der Waals surface area contributed by atoms with Crippen molar-refractivity contribution >= 4 is 11.2 Å². The van der Waals surface area contributed by atoms with Gasteiger partial charge >= 0.3 is 5.69 Å². The molecule has 0 amide bonds. The van der Waals surface area contributed by atoms with Crippen molar-refractivity contribution in [1.82, 2.24) is 19.1 Å². The number of aromatic amines is 1. The van der Waals surface area contributed by atoms with Gasteiger partial charge < -0.3 is 4.98 Å². The first-order chi connectivity index (χ1) is 8.04. The molecule has 6 heteroatoms. The van der Waals surface area contributed by atoms with Gasteiger partial charge in [0.1, 0.15) is 5.52 Å². The molecule has 2 aromatic rings. The fourth-order valence-electron chi connectivity index (χ4n) is 1.27. The van der Waals surface area contributed by atoms with Crippen LogP contribution in [0.2, 0.25) is 0 Å². The molecule has 0 bridgehead atoms. The third-order valence-corrected chi connectivity index (χ3v) is 2.53. The van der Waals surface area contributed by atoms with Crippen LogP contribution in [0.15, 0.2) is 15.9 Å². The van der Waals surface area contributed by atoms with E-state index in [-0.39, 0.29) is 11.2 Å². The normalized spacial score (nSPS) is 10.1. The van der Waals surface area contributed by atoms with Crippen molar-refractivity contribution < 1.29 is 0 Å². The Morgan fingerprint density at radius 2 is 1.76 bits per heavy atom. The lowest BCUT2D eigenvalue weighted by molar-refractivity contribution is 0.709. The highest BCUT2D eigenvalue weighted by Gasteiger charge is 2.08. The first-order valence-electron chi connectivity index (χ1n) is 5.63. The molecule has 0 saturated heterocycles. The maximum atomic E-state index is 11.4. The summed E-state index contributed by atoms with van der Waals surface area (Å²) in [6.07, 6.45) is 4.03. The highest BCUT2D eigenvalue weighted by molar-refractivity contribution is 5.68. The number of nitrogens with zero attached hydrogens (tertiary/aromatic N) is 3. The van der Waals surface area contributed by atoms with Crippen LogP contribution >= 0.6 is 0 Å². The minimum absolute atomic E-state index is 0.351. The molecule has 0 aromatic carbocycles. The second-order valence-electron chi connectivity index (χ2n) is 3.81. The van der Waals surface area contributed by atoms with Crippen LogP contribution in [-0.4, -0.2) is 19.1 Å². The molecule has 2 aromatic heterocycles. The summed E-state index contributed by atoms with van der Waals surface area (Å²) in [5.74, 6) is 0. The lowest BCUT2D eigenvalue weighted by Crippen LogP contribution is -2.36. The molecule has 0 aliphatic heterocycles. The Morgan fingerprint density at radius 1 is 1.18 bits per heavy atom. The van der Waals surface area contributed by atoms with Crippen molar-refractivity contribution in [1.29, 1.82) is 0 Å². The number of H-pyrrole nitrogens is 1. The molecule has 0 aliphatic carbocycles. The van der Waals surface area contributed by atoms with E-state index in [1.54, 1.807) is 7.05 Å². The summed E-state index contributed by atoms with van der Waals surface area (Å²) in [5, 5.41) is 0. The topological polar surface area (TPSA) is 72.7 Å². The SMILES string of the molecule is CCCC.Cn1c(=O)c2[nH]cnc2n(C)c1=O. The number of hydrogen-bond donors (Lipinski definition) is 1. The summed E-state index contributed by atoms with van der Waals surface area (Å²) < 4.78 is 2.37. The molecule has 0 atom stereocenters. The average Bonchev–Trinajstić information content (AvgIpc) is 2.83. The molecule has 17 heavy (non-hydrogen) atoms. The lowest BCUT2D eigenvalue weighted by atomic mass is 10.4. The van der Waals surface area contributed by atoms with Gasteiger partial charge in [0.2, 0.25) is 0 Å². The molecule has 2 rings (SSSR count). The van der Waals surface area contributed by atoms with Gasteiger partial charge in [-0.05, 0) is 0 Å². The molecule has 1 N–H and O–H groups in total. The minimum Gasteiger partial charge on any atom is -0.339 e. The van der Waals surface area contributed by atoms with Crippen LogP contribution in [0.5, 0.6) is 0 Å². The zero-order chi connectivity index (χ0) is 13.0. The predicted octanol–water partition coefficient (Wildman–Crippen LogP) is 0.767. The van der Waals surface area contributed by atoms with E-state index in [0.29, 0.717) is 11.2 Å². The third-order valence-electron chi connectivity index (χ3n) is 2.53. The summed E-state index contributed by atoms with van der Waals surface area (Å²) in [5.41, 5.74) is 0.0119. The molecule has 2 heterocycles. The molecular formula is C11H18N4O2. The van der Waals surface area contributed by atoms with Crippen molar-refractivity contribution in [2.75, 3.05) is 0 Å². The van der Waals surface area contributed by atoms with E-state index in [4.69, 9.17) is 0 Å². The average molecular weight is 238 g/mol. The van der Waals surface area contributed by atoms with Crippen molar-refractivity contribution in [3.8, 4) is 0 Å². The largest absolute Gasteiger partial charge is 0.339 e. The standard InChI is InChI=1S/C7H8N4O2.C4H10/c1-10-5-4(8-3-9-5)6(12)11(2)7(10)13;1-3-4-2/h3H,1-2H3,(H,8,9);3-4H2,1-2H3. The van der Waals surface area contributed by atoms with Crippen molar-refractivity contribution in [2.45, 2.75) is 26.7 Å². The van der Waals surface area contributed by atoms with Crippen LogP contribution in [0.1, 0.15) is 26.7 Å². The quantitative estimate of drug-likeness (QED) is 0.797. The second kappa shape index (κ2) is 5.47. The Kier molecular flexibility index (Phi) is 4.25. The summed E-state index contributed by atoms with van der Waals surface area (Å²) in [7, 11) is 3.01. The van der Waals surface area contributed by atoms with E-state index in [9.17, 15) is 9.59 Å². The number of fused-ring (bicyclic) bond motifs is 1. The van der Waals surface area contributed by atoms with Gasteiger partial charge in [0.15, 0.2) is 5.65 Å². The Hall–Kier alpha value is -1.85. The molecule has 0 unspecified atom stereocenters. The number of aryl methyl sites for hydroxylation is 1. The minimum atomic E-state index is -0.371. The predicted molar refractivity (Wildman–Crippen MR) is 67.2 cm³/mol. The Labute approximate surface area is 98.9 Å². The van der Waals surface area contributed by atoms with Crippen LogP contribution in [0.4, 0.5) is 0 Å². The first-order valence-corrected chi connectivity index (χ1v) is 5.63. The van der Waals surface area contributed by atoms with Gasteiger partial charge in [0.25, 0.3) is 5.56 Å². The van der Waals surface area contributed by atoms with Crippen LogP contribution < -0.4 is 11.2 Å². The maximum absolute atomic E-state index is 11.4. The van der Waals surface area contributed by atoms with Gasteiger partial charge in [-0.25, -0.2) is 9.78 Å². The number of hydrogen-bond acceptors (Lipinski definition) is 3. The summed E-state index contributed by atoms with van der Waals surface area (Å²) >= 11 is 0.